The van der Waals surface area contributed by atoms with Crippen LogP contribution in [0.25, 0.3) is 0 Å². The van der Waals surface area contributed by atoms with Crippen LogP contribution in [0.4, 0.5) is 0 Å². The van der Waals surface area contributed by atoms with Crippen molar-refractivity contribution in [1.82, 2.24) is 9.13 Å². The first kappa shape index (κ1) is 26.1. The van der Waals surface area contributed by atoms with Gasteiger partial charge in [0.25, 0.3) is 0 Å². The Morgan fingerprint density at radius 3 is 1.57 bits per heavy atom. The Balaban J connectivity index is 1.13. The maximum Gasteiger partial charge on any atom is 0.165 e. The molecular formula is C33H36N2O5. The van der Waals surface area contributed by atoms with E-state index < -0.39 is 0 Å². The highest BCUT2D eigenvalue weighted by Crippen LogP contribution is 2.47. The Hall–Kier alpha value is -4.13. The molecule has 0 amide bonds. The Morgan fingerprint density at radius 2 is 1.12 bits per heavy atom. The molecule has 2 aliphatic rings. The lowest BCUT2D eigenvalue weighted by Crippen LogP contribution is -2.29. The highest BCUT2D eigenvalue weighted by Gasteiger charge is 2.37. The zero-order valence-electron chi connectivity index (χ0n) is 22.7. The molecule has 0 fully saturated rings. The topological polar surface area (TPSA) is 63.9 Å². The zero-order chi connectivity index (χ0) is 27.1. The van der Waals surface area contributed by atoms with Crippen LogP contribution in [0.3, 0.4) is 0 Å². The van der Waals surface area contributed by atoms with Gasteiger partial charge in [-0.2, -0.15) is 0 Å². The number of ether oxygens (including phenoxy) is 4. The number of aryl methyl sites for hydroxylation is 2. The fraction of sp³-hybridized carbons (Fsp3) is 0.364. The maximum atomic E-state index is 14.1. The zero-order valence-corrected chi connectivity index (χ0v) is 22.7. The molecule has 208 valence electrons. The summed E-state index contributed by atoms with van der Waals surface area (Å²) < 4.78 is 28.7. The van der Waals surface area contributed by atoms with E-state index in [-0.39, 0.29) is 17.6 Å². The summed E-state index contributed by atoms with van der Waals surface area (Å²) in [7, 11) is 0. The molecule has 0 saturated carbocycles. The van der Waals surface area contributed by atoms with Crippen LogP contribution >= 0.6 is 0 Å². The third-order valence-electron chi connectivity index (χ3n) is 7.73. The molecular weight excluding hydrogens is 504 g/mol. The lowest BCUT2D eigenvalue weighted by Gasteiger charge is -2.32. The van der Waals surface area contributed by atoms with Crippen LogP contribution in [0.2, 0.25) is 0 Å². The van der Waals surface area contributed by atoms with Crippen LogP contribution in [-0.2, 0) is 17.9 Å². The van der Waals surface area contributed by atoms with Gasteiger partial charge in [0, 0.05) is 49.0 Å². The minimum absolute atomic E-state index is 0.212. The van der Waals surface area contributed by atoms with Gasteiger partial charge in [-0.1, -0.05) is 24.3 Å². The molecule has 2 aromatic carbocycles. The minimum Gasteiger partial charge on any atom is -0.490 e. The summed E-state index contributed by atoms with van der Waals surface area (Å²) in [6.45, 7) is 3.94. The van der Waals surface area contributed by atoms with Crippen molar-refractivity contribution in [1.29, 1.82) is 0 Å². The number of ketones is 1. The summed E-state index contributed by atoms with van der Waals surface area (Å²) in [6.07, 6.45) is 11.3. The second-order valence-electron chi connectivity index (χ2n) is 10.4. The fourth-order valence-corrected chi connectivity index (χ4v) is 5.75. The first-order valence-electron chi connectivity index (χ1n) is 14.3. The van der Waals surface area contributed by atoms with E-state index in [0.717, 1.165) is 37.1 Å². The fourth-order valence-electron chi connectivity index (χ4n) is 5.75. The normalized spacial score (nSPS) is 17.7. The van der Waals surface area contributed by atoms with Gasteiger partial charge >= 0.3 is 0 Å². The molecule has 0 saturated heterocycles. The molecule has 2 atom stereocenters. The van der Waals surface area contributed by atoms with Crippen molar-refractivity contribution in [2.45, 2.75) is 50.6 Å². The number of carbonyl (C=O) groups is 1. The van der Waals surface area contributed by atoms with Crippen molar-refractivity contribution >= 4 is 5.78 Å². The number of benzene rings is 2. The summed E-state index contributed by atoms with van der Waals surface area (Å²) >= 11 is 0. The van der Waals surface area contributed by atoms with Crippen molar-refractivity contribution in [2.24, 2.45) is 0 Å². The molecule has 4 aromatic rings. The van der Waals surface area contributed by atoms with Crippen LogP contribution in [-0.4, -0.2) is 41.3 Å². The molecule has 2 aliphatic heterocycles. The average Bonchev–Trinajstić information content (AvgIpc) is 3.72. The molecule has 2 unspecified atom stereocenters. The molecule has 0 N–H and O–H groups in total. The molecule has 7 nitrogen and oxygen atoms in total. The van der Waals surface area contributed by atoms with Crippen LogP contribution in [0.15, 0.2) is 85.5 Å². The highest BCUT2D eigenvalue weighted by atomic mass is 16.5. The number of rotatable bonds is 12. The van der Waals surface area contributed by atoms with Crippen LogP contribution < -0.4 is 18.9 Å². The Kier molecular flexibility index (Phi) is 8.07. The van der Waals surface area contributed by atoms with E-state index in [1.807, 2.05) is 60.7 Å². The summed E-state index contributed by atoms with van der Waals surface area (Å²) in [4.78, 5) is 14.1. The van der Waals surface area contributed by atoms with Crippen LogP contribution in [0, 0.1) is 0 Å². The Bertz CT molecular complexity index is 1290. The van der Waals surface area contributed by atoms with Crippen LogP contribution in [0.1, 0.15) is 48.6 Å². The first-order chi connectivity index (χ1) is 19.8. The molecule has 2 aromatic heterocycles. The number of hydrogen-bond donors (Lipinski definition) is 0. The third-order valence-corrected chi connectivity index (χ3v) is 7.73. The quantitative estimate of drug-likeness (QED) is 0.199. The maximum absolute atomic E-state index is 14.1. The molecule has 0 aliphatic carbocycles. The predicted octanol–water partition coefficient (Wildman–Crippen LogP) is 6.23. The van der Waals surface area contributed by atoms with Crippen molar-refractivity contribution in [3.63, 3.8) is 0 Å². The highest BCUT2D eigenvalue weighted by molar-refractivity contribution is 5.93. The summed E-state index contributed by atoms with van der Waals surface area (Å²) in [5, 5.41) is 0. The van der Waals surface area contributed by atoms with E-state index in [9.17, 15) is 4.79 Å². The Morgan fingerprint density at radius 1 is 0.675 bits per heavy atom. The molecule has 0 radical (unpaired) electrons. The van der Waals surface area contributed by atoms with Gasteiger partial charge in [0.15, 0.2) is 23.0 Å². The molecule has 6 rings (SSSR count). The Labute approximate surface area is 235 Å². The van der Waals surface area contributed by atoms with Gasteiger partial charge in [-0.05, 0) is 62.1 Å². The van der Waals surface area contributed by atoms with E-state index in [1.54, 1.807) is 0 Å². The minimum atomic E-state index is -0.241. The lowest BCUT2D eigenvalue weighted by molar-refractivity contribution is -0.123. The summed E-state index contributed by atoms with van der Waals surface area (Å²) in [5.74, 6) is 2.57. The smallest absolute Gasteiger partial charge is 0.165 e. The number of nitrogens with zero attached hydrogens (tertiary/aromatic N) is 2. The van der Waals surface area contributed by atoms with Crippen molar-refractivity contribution in [3.05, 3.63) is 96.6 Å². The summed E-state index contributed by atoms with van der Waals surface area (Å²) in [5.41, 5.74) is 1.84. The molecule has 40 heavy (non-hydrogen) atoms. The monoisotopic (exact) mass is 540 g/mol. The number of para-hydroxylation sites is 2. The molecule has 4 heterocycles. The van der Waals surface area contributed by atoms with E-state index in [1.165, 1.54) is 0 Å². The molecule has 0 spiro atoms. The number of fused-ring (bicyclic) bond motifs is 2. The standard InChI is InChI=1S/C33H36N2O5/c36-31(25-13-23-39-32-27(25)9-5-11-29(32)37-21-7-19-34-15-1-2-16-34)26-14-24-40-33-28(26)10-6-12-30(33)38-22-8-20-35-17-3-4-18-35/h1-6,9-12,15-18,25-26H,7-8,13-14,19-24H2. The predicted molar refractivity (Wildman–Crippen MR) is 153 cm³/mol. The van der Waals surface area contributed by atoms with Crippen molar-refractivity contribution < 1.29 is 23.7 Å². The van der Waals surface area contributed by atoms with Gasteiger partial charge in [-0.3, -0.25) is 4.79 Å². The molecule has 7 heteroatoms. The van der Waals surface area contributed by atoms with E-state index >= 15 is 0 Å². The van der Waals surface area contributed by atoms with E-state index in [2.05, 4.69) is 33.9 Å². The van der Waals surface area contributed by atoms with Gasteiger partial charge < -0.3 is 28.1 Å². The van der Waals surface area contributed by atoms with Gasteiger partial charge in [0.1, 0.15) is 5.78 Å². The average molecular weight is 541 g/mol. The van der Waals surface area contributed by atoms with Gasteiger partial charge in [0.2, 0.25) is 0 Å². The second-order valence-corrected chi connectivity index (χ2v) is 10.4. The molecule has 0 bridgehead atoms. The van der Waals surface area contributed by atoms with Gasteiger partial charge in [-0.15, -0.1) is 0 Å². The lowest BCUT2D eigenvalue weighted by atomic mass is 9.78. The number of carbonyl (C=O) groups excluding carboxylic acids is 1. The number of Topliss-reactive ketones (excluding diaryl/α,β-unsaturated/α-hetero) is 1. The van der Waals surface area contributed by atoms with E-state index in [4.69, 9.17) is 18.9 Å². The first-order valence-corrected chi connectivity index (χ1v) is 14.3. The number of hydrogen-bond acceptors (Lipinski definition) is 5. The van der Waals surface area contributed by atoms with E-state index in [0.29, 0.717) is 62.3 Å². The van der Waals surface area contributed by atoms with Crippen molar-refractivity contribution in [3.8, 4) is 23.0 Å². The van der Waals surface area contributed by atoms with Gasteiger partial charge in [0.05, 0.1) is 38.3 Å². The second kappa shape index (κ2) is 12.4. The summed E-state index contributed by atoms with van der Waals surface area (Å²) in [6, 6.07) is 19.9. The third kappa shape index (κ3) is 5.74. The van der Waals surface area contributed by atoms with Crippen LogP contribution in [0.5, 0.6) is 23.0 Å². The number of aromatic nitrogens is 2. The SMILES string of the molecule is O=C(C1CCOc2c(OCCCn3cccc3)cccc21)C1CCOc2c(OCCCn3cccc3)cccc21. The largest absolute Gasteiger partial charge is 0.490 e. The van der Waals surface area contributed by atoms with Crippen molar-refractivity contribution in [2.75, 3.05) is 26.4 Å². The van der Waals surface area contributed by atoms with Gasteiger partial charge in [-0.25, -0.2) is 0 Å².